The molecule has 4 aromatic rings. The molecule has 0 bridgehead atoms. The van der Waals surface area contributed by atoms with Crippen molar-refractivity contribution >= 4 is 40.0 Å². The van der Waals surface area contributed by atoms with E-state index < -0.39 is 0 Å². The van der Waals surface area contributed by atoms with Crippen LogP contribution in [0, 0.1) is 0 Å². The molecule has 0 amide bonds. The number of rotatable bonds is 2. The summed E-state index contributed by atoms with van der Waals surface area (Å²) in [5.74, 6) is 0.664. The predicted octanol–water partition coefficient (Wildman–Crippen LogP) is 4.05. The average Bonchev–Trinajstić information content (AvgIpc) is 2.54. The van der Waals surface area contributed by atoms with E-state index in [2.05, 4.69) is 30.3 Å². The topological polar surface area (TPSA) is 29.5 Å². The Balaban J connectivity index is 2.28. The third kappa shape index (κ3) is 1.86. The third-order valence-electron chi connectivity index (χ3n) is 3.89. The number of benzene rings is 4. The van der Waals surface area contributed by atoms with Gasteiger partial charge in [0.25, 0.3) is 0 Å². The zero-order chi connectivity index (χ0) is 14.2. The van der Waals surface area contributed by atoms with Crippen LogP contribution in [0.1, 0.15) is 0 Å². The van der Waals surface area contributed by atoms with Gasteiger partial charge in [-0.2, -0.15) is 0 Å². The van der Waals surface area contributed by atoms with Crippen molar-refractivity contribution in [1.29, 1.82) is 0 Å². The summed E-state index contributed by atoms with van der Waals surface area (Å²) in [5.41, 5.74) is 0. The highest BCUT2D eigenvalue weighted by Crippen LogP contribution is 2.37. The first-order valence-electron chi connectivity index (χ1n) is 6.84. The Morgan fingerprint density at radius 2 is 1.38 bits per heavy atom. The summed E-state index contributed by atoms with van der Waals surface area (Å²) < 4.78 is 5.31. The van der Waals surface area contributed by atoms with Crippen LogP contribution in [0.25, 0.3) is 32.3 Å². The fraction of sp³-hybridized carbons (Fsp3) is 0. The summed E-state index contributed by atoms with van der Waals surface area (Å²) >= 11 is 0. The van der Waals surface area contributed by atoms with Gasteiger partial charge in [-0.25, -0.2) is 0 Å². The van der Waals surface area contributed by atoms with Crippen molar-refractivity contribution in [2.24, 2.45) is 0 Å². The van der Waals surface area contributed by atoms with E-state index >= 15 is 0 Å². The van der Waals surface area contributed by atoms with Crippen molar-refractivity contribution in [3.8, 4) is 5.75 Å². The Morgan fingerprint density at radius 3 is 2.14 bits per heavy atom. The van der Waals surface area contributed by atoms with Crippen molar-refractivity contribution in [3.05, 3.63) is 66.7 Å². The number of fused-ring (bicyclic) bond motifs is 5. The molecule has 0 aliphatic heterocycles. The average molecular weight is 271 g/mol. The van der Waals surface area contributed by atoms with E-state index in [9.17, 15) is 0 Å². The SMILES string of the molecule is O[B]Oc1cc2ccccc2c2c1ccc1ccccc12. The quantitative estimate of drug-likeness (QED) is 0.440. The molecule has 0 saturated heterocycles. The fourth-order valence-electron chi connectivity index (χ4n) is 2.99. The van der Waals surface area contributed by atoms with Crippen molar-refractivity contribution in [3.63, 3.8) is 0 Å². The van der Waals surface area contributed by atoms with Gasteiger partial charge in [0.2, 0.25) is 0 Å². The largest absolute Gasteiger partial charge is 0.569 e. The minimum Gasteiger partial charge on any atom is -0.537 e. The molecule has 99 valence electrons. The van der Waals surface area contributed by atoms with Crippen molar-refractivity contribution < 1.29 is 9.68 Å². The lowest BCUT2D eigenvalue weighted by atomic mass is 9.95. The van der Waals surface area contributed by atoms with Gasteiger partial charge in [0, 0.05) is 10.8 Å². The zero-order valence-corrected chi connectivity index (χ0v) is 11.3. The Labute approximate surface area is 122 Å². The van der Waals surface area contributed by atoms with Gasteiger partial charge >= 0.3 is 7.69 Å². The lowest BCUT2D eigenvalue weighted by Crippen LogP contribution is -2.00. The molecule has 2 nitrogen and oxygen atoms in total. The van der Waals surface area contributed by atoms with Crippen LogP contribution in [0.4, 0.5) is 0 Å². The van der Waals surface area contributed by atoms with Crippen molar-refractivity contribution in [1.82, 2.24) is 0 Å². The van der Waals surface area contributed by atoms with Gasteiger partial charge in [-0.3, -0.25) is 0 Å². The first kappa shape index (κ1) is 12.2. The van der Waals surface area contributed by atoms with Crippen LogP contribution in [0.5, 0.6) is 5.75 Å². The maximum atomic E-state index is 9.02. The van der Waals surface area contributed by atoms with Crippen LogP contribution in [0.15, 0.2) is 66.7 Å². The molecule has 0 unspecified atom stereocenters. The van der Waals surface area contributed by atoms with Crippen LogP contribution in [0.2, 0.25) is 0 Å². The Hall–Kier alpha value is -2.52. The monoisotopic (exact) mass is 271 g/mol. The second-order valence-electron chi connectivity index (χ2n) is 5.03. The highest BCUT2D eigenvalue weighted by Gasteiger charge is 2.10. The summed E-state index contributed by atoms with van der Waals surface area (Å²) in [6, 6.07) is 22.6. The maximum Gasteiger partial charge on any atom is 0.569 e. The summed E-state index contributed by atoms with van der Waals surface area (Å²) in [4.78, 5) is 0. The number of hydrogen-bond donors (Lipinski definition) is 1. The molecule has 0 aromatic heterocycles. The summed E-state index contributed by atoms with van der Waals surface area (Å²) in [6.07, 6.45) is 0. The van der Waals surface area contributed by atoms with Crippen molar-refractivity contribution in [2.45, 2.75) is 0 Å². The molecule has 0 fully saturated rings. The minimum absolute atomic E-state index is 0.664. The van der Waals surface area contributed by atoms with E-state index in [-0.39, 0.29) is 0 Å². The molecule has 0 heterocycles. The molecule has 0 atom stereocenters. The molecule has 0 saturated carbocycles. The second kappa shape index (κ2) is 4.79. The molecule has 3 heteroatoms. The van der Waals surface area contributed by atoms with Gasteiger partial charge in [0.1, 0.15) is 5.75 Å². The van der Waals surface area contributed by atoms with E-state index in [4.69, 9.17) is 9.68 Å². The van der Waals surface area contributed by atoms with Crippen LogP contribution in [-0.4, -0.2) is 12.7 Å². The molecule has 21 heavy (non-hydrogen) atoms. The summed E-state index contributed by atoms with van der Waals surface area (Å²) in [5, 5.41) is 15.8. The number of hydrogen-bond acceptors (Lipinski definition) is 2. The highest BCUT2D eigenvalue weighted by atomic mass is 16.5. The maximum absolute atomic E-state index is 9.02. The molecule has 0 aliphatic carbocycles. The van der Waals surface area contributed by atoms with Crippen LogP contribution >= 0.6 is 0 Å². The lowest BCUT2D eigenvalue weighted by molar-refractivity contribution is 0.457. The first-order valence-corrected chi connectivity index (χ1v) is 6.84. The van der Waals surface area contributed by atoms with Crippen molar-refractivity contribution in [2.75, 3.05) is 0 Å². The zero-order valence-electron chi connectivity index (χ0n) is 11.3. The van der Waals surface area contributed by atoms with E-state index in [1.807, 2.05) is 36.4 Å². The second-order valence-corrected chi connectivity index (χ2v) is 5.03. The van der Waals surface area contributed by atoms with Crippen LogP contribution in [0.3, 0.4) is 0 Å². The van der Waals surface area contributed by atoms with E-state index in [0.29, 0.717) is 5.75 Å². The fourth-order valence-corrected chi connectivity index (χ4v) is 2.99. The Morgan fingerprint density at radius 1 is 0.714 bits per heavy atom. The Kier molecular flexibility index (Phi) is 2.79. The van der Waals surface area contributed by atoms with E-state index in [1.165, 1.54) is 16.2 Å². The first-order chi connectivity index (χ1) is 10.4. The van der Waals surface area contributed by atoms with Gasteiger partial charge in [-0.05, 0) is 27.6 Å². The van der Waals surface area contributed by atoms with E-state index in [1.54, 1.807) is 0 Å². The van der Waals surface area contributed by atoms with Crippen LogP contribution < -0.4 is 4.65 Å². The standard InChI is InChI=1S/C18H12BO2/c20-19-21-17-11-13-6-2-4-8-15(13)18-14-7-3-1-5-12(14)9-10-16(17)18/h1-11,20H. The van der Waals surface area contributed by atoms with Gasteiger partial charge in [0.05, 0.1) is 0 Å². The molecule has 4 rings (SSSR count). The Bertz CT molecular complexity index is 947. The van der Waals surface area contributed by atoms with Gasteiger partial charge in [0.15, 0.2) is 0 Å². The van der Waals surface area contributed by atoms with Gasteiger partial charge < -0.3 is 9.68 Å². The smallest absolute Gasteiger partial charge is 0.537 e. The van der Waals surface area contributed by atoms with E-state index in [0.717, 1.165) is 23.8 Å². The minimum atomic E-state index is 0.664. The molecule has 0 spiro atoms. The third-order valence-corrected chi connectivity index (χ3v) is 3.89. The predicted molar refractivity (Wildman–Crippen MR) is 87.6 cm³/mol. The van der Waals surface area contributed by atoms with Gasteiger partial charge in [-0.15, -0.1) is 0 Å². The normalized spacial score (nSPS) is 11.1. The summed E-state index contributed by atoms with van der Waals surface area (Å²) in [6.45, 7) is 0. The molecule has 1 N–H and O–H groups in total. The highest BCUT2D eigenvalue weighted by molar-refractivity contribution is 6.24. The van der Waals surface area contributed by atoms with Crippen LogP contribution in [-0.2, 0) is 0 Å². The molecular formula is C18H12BO2. The summed E-state index contributed by atoms with van der Waals surface area (Å²) in [7, 11) is 0.735. The molecule has 0 aliphatic rings. The van der Waals surface area contributed by atoms with Gasteiger partial charge in [-0.1, -0.05) is 60.7 Å². The molecule has 4 aromatic carbocycles. The molecular weight excluding hydrogens is 259 g/mol. The lowest BCUT2D eigenvalue weighted by Gasteiger charge is -2.12. The molecule has 1 radical (unpaired) electrons.